The molecule has 0 saturated heterocycles. The summed E-state index contributed by atoms with van der Waals surface area (Å²) in [7, 11) is 0. The predicted molar refractivity (Wildman–Crippen MR) is 94.9 cm³/mol. The number of carbonyl (C=O) groups excluding carboxylic acids is 1. The van der Waals surface area contributed by atoms with Crippen molar-refractivity contribution in [1.82, 2.24) is 5.43 Å². The van der Waals surface area contributed by atoms with Gasteiger partial charge in [-0.2, -0.15) is 5.10 Å². The van der Waals surface area contributed by atoms with Gasteiger partial charge in [0, 0.05) is 1.43 Å². The van der Waals surface area contributed by atoms with Gasteiger partial charge in [0.2, 0.25) is 0 Å². The highest BCUT2D eigenvalue weighted by molar-refractivity contribution is 6.03. The molecule has 0 aliphatic heterocycles. The van der Waals surface area contributed by atoms with E-state index in [0.29, 0.717) is 5.71 Å². The largest absolute Gasteiger partial charge is 0.274 e. The monoisotopic (exact) mass is 310 g/mol. The lowest BCUT2D eigenvalue weighted by atomic mass is 10.0. The number of halogens is 1. The molecule has 0 heterocycles. The Labute approximate surface area is 136 Å². The van der Waals surface area contributed by atoms with E-state index in [0.717, 1.165) is 28.5 Å². The Balaban J connectivity index is 0.00000288. The number of hydrogen-bond acceptors (Lipinski definition) is 2. The van der Waals surface area contributed by atoms with Crippen molar-refractivity contribution in [1.29, 1.82) is 0 Å². The Morgan fingerprint density at radius 1 is 1.17 bits per heavy atom. The molecule has 3 nitrogen and oxygen atoms in total. The van der Waals surface area contributed by atoms with Crippen molar-refractivity contribution >= 4 is 22.4 Å². The molecule has 1 N–H and O–H groups in total. The summed E-state index contributed by atoms with van der Waals surface area (Å²) in [5, 5.41) is 6.22. The van der Waals surface area contributed by atoms with Crippen molar-refractivity contribution in [2.24, 2.45) is 5.10 Å². The lowest BCUT2D eigenvalue weighted by Crippen LogP contribution is -2.21. The molecule has 118 valence electrons. The highest BCUT2D eigenvalue weighted by Crippen LogP contribution is 2.16. The van der Waals surface area contributed by atoms with Crippen molar-refractivity contribution in [2.45, 2.75) is 6.92 Å². The van der Waals surface area contributed by atoms with Gasteiger partial charge in [0.15, 0.2) is 0 Å². The maximum absolute atomic E-state index is 13.5. The zero-order chi connectivity index (χ0) is 16.8. The van der Waals surface area contributed by atoms with Gasteiger partial charge in [-0.25, -0.2) is 9.82 Å². The third-order valence-electron chi connectivity index (χ3n) is 3.38. The van der Waals surface area contributed by atoms with E-state index in [1.54, 1.807) is 6.92 Å². The van der Waals surface area contributed by atoms with Gasteiger partial charge >= 0.3 is 0 Å². The van der Waals surface area contributed by atoms with Crippen molar-refractivity contribution in [3.05, 3.63) is 84.7 Å². The highest BCUT2D eigenvalue weighted by Gasteiger charge is 2.10. The maximum Gasteiger partial charge on any atom is 0.274 e. The molecule has 2 aromatic rings. The molecule has 0 unspecified atom stereocenters. The van der Waals surface area contributed by atoms with E-state index in [2.05, 4.69) is 23.7 Å². The molecular weight excluding hydrogens is 291 g/mol. The van der Waals surface area contributed by atoms with Gasteiger partial charge in [-0.1, -0.05) is 55.6 Å². The third kappa shape index (κ3) is 3.80. The van der Waals surface area contributed by atoms with E-state index in [1.807, 2.05) is 42.5 Å². The quantitative estimate of drug-likeness (QED) is 0.375. The zero-order valence-electron chi connectivity index (χ0n) is 12.8. The molecule has 0 aliphatic carbocycles. The van der Waals surface area contributed by atoms with Crippen LogP contribution >= 0.6 is 0 Å². The minimum atomic E-state index is -0.740. The number of allylic oxidation sites excluding steroid dienone is 2. The average Bonchev–Trinajstić information content (AvgIpc) is 2.59. The highest BCUT2D eigenvalue weighted by atomic mass is 19.1. The number of benzene rings is 2. The Morgan fingerprint density at radius 3 is 2.52 bits per heavy atom. The van der Waals surface area contributed by atoms with E-state index in [-0.39, 0.29) is 7.00 Å². The summed E-state index contributed by atoms with van der Waals surface area (Å²) in [6.07, 6.45) is 2.09. The molecule has 0 radical (unpaired) electrons. The summed E-state index contributed by atoms with van der Waals surface area (Å²) < 4.78 is 13.5. The van der Waals surface area contributed by atoms with Crippen molar-refractivity contribution in [3.63, 3.8) is 0 Å². The third-order valence-corrected chi connectivity index (χ3v) is 3.38. The molecule has 0 atom stereocenters. The lowest BCUT2D eigenvalue weighted by Gasteiger charge is -2.05. The molecule has 4 heteroatoms. The van der Waals surface area contributed by atoms with Crippen LogP contribution in [0.25, 0.3) is 10.8 Å². The molecule has 0 bridgehead atoms. The van der Waals surface area contributed by atoms with Crippen molar-refractivity contribution in [2.75, 3.05) is 0 Å². The summed E-state index contributed by atoms with van der Waals surface area (Å²) in [6, 6.07) is 13.8. The number of fused-ring (bicyclic) bond motifs is 1. The number of hydrogen-bond donors (Lipinski definition) is 1. The van der Waals surface area contributed by atoms with Gasteiger partial charge in [-0.05, 0) is 35.4 Å². The molecule has 0 saturated carbocycles. The van der Waals surface area contributed by atoms with Crippen LogP contribution in [-0.2, 0) is 4.79 Å². The smallest absolute Gasteiger partial charge is 0.267 e. The molecule has 0 spiro atoms. The second kappa shape index (κ2) is 7.31. The fourth-order valence-corrected chi connectivity index (χ4v) is 2.08. The van der Waals surface area contributed by atoms with E-state index < -0.39 is 11.7 Å². The van der Waals surface area contributed by atoms with Crippen LogP contribution in [0.5, 0.6) is 0 Å². The number of carbonyl (C=O) groups is 1. The number of hydrazone groups is 1. The molecule has 2 rings (SSSR count). The first-order chi connectivity index (χ1) is 11.1. The first-order valence-electron chi connectivity index (χ1n) is 7.05. The normalized spacial score (nSPS) is 12.5. The van der Waals surface area contributed by atoms with Crippen LogP contribution in [0.1, 0.15) is 13.9 Å². The topological polar surface area (TPSA) is 41.5 Å². The zero-order valence-corrected chi connectivity index (χ0v) is 12.8. The van der Waals surface area contributed by atoms with Gasteiger partial charge in [-0.15, -0.1) is 0 Å². The minimum Gasteiger partial charge on any atom is -0.267 e. The number of amides is 1. The van der Waals surface area contributed by atoms with E-state index in [9.17, 15) is 9.18 Å². The summed E-state index contributed by atoms with van der Waals surface area (Å²) >= 11 is 0. The second-order valence-corrected chi connectivity index (χ2v) is 4.87. The summed E-state index contributed by atoms with van der Waals surface area (Å²) in [5.74, 6) is -1.41. The molecule has 0 fully saturated rings. The first-order valence-corrected chi connectivity index (χ1v) is 7.05. The molecule has 0 aliphatic rings. The minimum absolute atomic E-state index is 0. The summed E-state index contributed by atoms with van der Waals surface area (Å²) in [4.78, 5) is 11.9. The SMILES string of the molecule is C=C/C(F)=C(\C=C)C(=O)N/N=C(\C)c1ccc2ccccc2c1.[HH]. The number of nitrogens with zero attached hydrogens (tertiary/aromatic N) is 1. The predicted octanol–water partition coefficient (Wildman–Crippen LogP) is 4.52. The lowest BCUT2D eigenvalue weighted by molar-refractivity contribution is -0.117. The fourth-order valence-electron chi connectivity index (χ4n) is 2.08. The van der Waals surface area contributed by atoms with E-state index in [1.165, 1.54) is 0 Å². The van der Waals surface area contributed by atoms with Gasteiger partial charge in [-0.3, -0.25) is 4.79 Å². The van der Waals surface area contributed by atoms with E-state index in [4.69, 9.17) is 0 Å². The van der Waals surface area contributed by atoms with Crippen LogP contribution in [-0.4, -0.2) is 11.6 Å². The van der Waals surface area contributed by atoms with Crippen LogP contribution in [0.3, 0.4) is 0 Å². The summed E-state index contributed by atoms with van der Waals surface area (Å²) in [5.41, 5.74) is 3.62. The van der Waals surface area contributed by atoms with Crippen LogP contribution in [0, 0.1) is 0 Å². The van der Waals surface area contributed by atoms with E-state index >= 15 is 0 Å². The standard InChI is InChI=1S/C19H17FN2O.H2/c1-4-17(18(20)5-2)19(23)22-21-13(3)15-11-10-14-8-6-7-9-16(14)12-15;/h4-12H,1-2H2,3H3,(H,22,23);1H/b18-17-,21-13+;. The molecular formula is C19H19FN2O. The van der Waals surface area contributed by atoms with Crippen molar-refractivity contribution < 1.29 is 10.6 Å². The van der Waals surface area contributed by atoms with Gasteiger partial charge < -0.3 is 0 Å². The van der Waals surface area contributed by atoms with Gasteiger partial charge in [0.25, 0.3) is 5.91 Å². The molecule has 23 heavy (non-hydrogen) atoms. The maximum atomic E-state index is 13.5. The molecule has 0 aromatic heterocycles. The van der Waals surface area contributed by atoms with Crippen LogP contribution in [0.2, 0.25) is 0 Å². The fraction of sp³-hybridized carbons (Fsp3) is 0.0526. The van der Waals surface area contributed by atoms with Crippen LogP contribution in [0.15, 0.2) is 84.3 Å². The van der Waals surface area contributed by atoms with Gasteiger partial charge in [0.05, 0.1) is 11.3 Å². The second-order valence-electron chi connectivity index (χ2n) is 4.87. The van der Waals surface area contributed by atoms with Crippen LogP contribution in [0.4, 0.5) is 4.39 Å². The Kier molecular flexibility index (Phi) is 5.20. The van der Waals surface area contributed by atoms with Gasteiger partial charge in [0.1, 0.15) is 5.83 Å². The Bertz CT molecular complexity index is 840. The number of rotatable bonds is 5. The molecule has 2 aromatic carbocycles. The Hall–Kier alpha value is -3.01. The molecule has 1 amide bonds. The number of nitrogens with one attached hydrogen (secondary N) is 1. The van der Waals surface area contributed by atoms with Crippen LogP contribution < -0.4 is 5.43 Å². The summed E-state index contributed by atoms with van der Waals surface area (Å²) in [6.45, 7) is 8.47. The first kappa shape index (κ1) is 16.4. The average molecular weight is 310 g/mol. The Morgan fingerprint density at radius 2 is 1.87 bits per heavy atom. The van der Waals surface area contributed by atoms with Crippen molar-refractivity contribution in [3.8, 4) is 0 Å².